The number of amides is 1. The molecule has 5 nitrogen and oxygen atoms in total. The van der Waals surface area contributed by atoms with Gasteiger partial charge in [0.25, 0.3) is 5.91 Å². The lowest BCUT2D eigenvalue weighted by atomic mass is 9.86. The fourth-order valence-electron chi connectivity index (χ4n) is 3.06. The first-order valence-electron chi connectivity index (χ1n) is 8.08. The standard InChI is InChI=1S/C18H21NO4/c1-12-4-2-3-5-15(12)19-17(20)11-22-14-8-6-13-7-9-18(21)23-16(13)10-14/h6-10,12,15H,2-5,11H2,1H3,(H,19,20)/t12-,15+/m0/s1. The summed E-state index contributed by atoms with van der Waals surface area (Å²) in [6, 6.07) is 8.51. The molecule has 3 rings (SSSR count). The van der Waals surface area contributed by atoms with Gasteiger partial charge in [-0.25, -0.2) is 4.79 Å². The topological polar surface area (TPSA) is 68.5 Å². The van der Waals surface area contributed by atoms with E-state index in [1.165, 1.54) is 18.9 Å². The summed E-state index contributed by atoms with van der Waals surface area (Å²) in [6.45, 7) is 2.14. The molecular weight excluding hydrogens is 294 g/mol. The van der Waals surface area contributed by atoms with Gasteiger partial charge in [0.05, 0.1) is 0 Å². The van der Waals surface area contributed by atoms with Gasteiger partial charge in [0, 0.05) is 23.6 Å². The van der Waals surface area contributed by atoms with E-state index < -0.39 is 5.63 Å². The lowest BCUT2D eigenvalue weighted by molar-refractivity contribution is -0.124. The lowest BCUT2D eigenvalue weighted by Gasteiger charge is -2.29. The molecule has 2 atom stereocenters. The molecule has 1 aromatic carbocycles. The van der Waals surface area contributed by atoms with E-state index in [0.29, 0.717) is 17.3 Å². The van der Waals surface area contributed by atoms with Crippen molar-refractivity contribution in [3.05, 3.63) is 40.8 Å². The van der Waals surface area contributed by atoms with Crippen molar-refractivity contribution in [2.24, 2.45) is 5.92 Å². The molecule has 122 valence electrons. The maximum absolute atomic E-state index is 12.0. The van der Waals surface area contributed by atoms with Crippen LogP contribution in [-0.4, -0.2) is 18.6 Å². The van der Waals surface area contributed by atoms with Crippen LogP contribution in [-0.2, 0) is 4.79 Å². The van der Waals surface area contributed by atoms with Crippen LogP contribution in [0.1, 0.15) is 32.6 Å². The van der Waals surface area contributed by atoms with E-state index in [2.05, 4.69) is 12.2 Å². The van der Waals surface area contributed by atoms with Gasteiger partial charge < -0.3 is 14.5 Å². The minimum atomic E-state index is -0.404. The van der Waals surface area contributed by atoms with Crippen molar-refractivity contribution in [3.8, 4) is 5.75 Å². The molecule has 1 saturated carbocycles. The molecule has 5 heteroatoms. The molecule has 23 heavy (non-hydrogen) atoms. The molecule has 1 fully saturated rings. The quantitative estimate of drug-likeness (QED) is 0.881. The summed E-state index contributed by atoms with van der Waals surface area (Å²) >= 11 is 0. The zero-order valence-corrected chi connectivity index (χ0v) is 13.2. The van der Waals surface area contributed by atoms with Crippen LogP contribution in [0.5, 0.6) is 5.75 Å². The third kappa shape index (κ3) is 3.92. The Labute approximate surface area is 134 Å². The zero-order chi connectivity index (χ0) is 16.2. The van der Waals surface area contributed by atoms with Crippen molar-refractivity contribution in [2.45, 2.75) is 38.6 Å². The van der Waals surface area contributed by atoms with Crippen LogP contribution in [0, 0.1) is 5.92 Å². The molecule has 0 unspecified atom stereocenters. The highest BCUT2D eigenvalue weighted by atomic mass is 16.5. The number of carbonyl (C=O) groups excluding carboxylic acids is 1. The largest absolute Gasteiger partial charge is 0.484 e. The van der Waals surface area contributed by atoms with Crippen molar-refractivity contribution in [3.63, 3.8) is 0 Å². The van der Waals surface area contributed by atoms with Crippen molar-refractivity contribution in [1.82, 2.24) is 5.32 Å². The predicted octanol–water partition coefficient (Wildman–Crippen LogP) is 2.87. The van der Waals surface area contributed by atoms with Crippen molar-refractivity contribution in [1.29, 1.82) is 0 Å². The monoisotopic (exact) mass is 315 g/mol. The Morgan fingerprint density at radius 1 is 1.26 bits per heavy atom. The SMILES string of the molecule is C[C@H]1CCCC[C@H]1NC(=O)COc1ccc2ccc(=O)oc2c1. The highest BCUT2D eigenvalue weighted by Gasteiger charge is 2.22. The number of benzene rings is 1. The van der Waals surface area contributed by atoms with Crippen molar-refractivity contribution in [2.75, 3.05) is 6.61 Å². The molecule has 1 amide bonds. The normalized spacial score (nSPS) is 21.1. The third-order valence-electron chi connectivity index (χ3n) is 4.42. The highest BCUT2D eigenvalue weighted by Crippen LogP contribution is 2.24. The summed E-state index contributed by atoms with van der Waals surface area (Å²) in [7, 11) is 0. The minimum Gasteiger partial charge on any atom is -0.484 e. The maximum atomic E-state index is 12.0. The summed E-state index contributed by atoms with van der Waals surface area (Å²) in [4.78, 5) is 23.3. The first kappa shape index (κ1) is 15.6. The van der Waals surface area contributed by atoms with Crippen LogP contribution in [0.15, 0.2) is 39.5 Å². The highest BCUT2D eigenvalue weighted by molar-refractivity contribution is 5.79. The molecule has 1 aliphatic carbocycles. The number of hydrogen-bond acceptors (Lipinski definition) is 4. The van der Waals surface area contributed by atoms with Gasteiger partial charge in [-0.1, -0.05) is 19.8 Å². The van der Waals surface area contributed by atoms with Gasteiger partial charge in [0.15, 0.2) is 6.61 Å². The second kappa shape index (κ2) is 6.86. The van der Waals surface area contributed by atoms with Crippen LogP contribution in [0.2, 0.25) is 0 Å². The zero-order valence-electron chi connectivity index (χ0n) is 13.2. The van der Waals surface area contributed by atoms with Gasteiger partial charge in [-0.3, -0.25) is 4.79 Å². The Morgan fingerprint density at radius 3 is 2.87 bits per heavy atom. The second-order valence-corrected chi connectivity index (χ2v) is 6.18. The van der Waals surface area contributed by atoms with Crippen molar-refractivity contribution < 1.29 is 13.9 Å². The summed E-state index contributed by atoms with van der Waals surface area (Å²) in [5.41, 5.74) is 0.0509. The molecule has 1 heterocycles. The Balaban J connectivity index is 1.59. The number of ether oxygens (including phenoxy) is 1. The number of hydrogen-bond donors (Lipinski definition) is 1. The number of nitrogens with one attached hydrogen (secondary N) is 1. The fourth-order valence-corrected chi connectivity index (χ4v) is 3.06. The smallest absolute Gasteiger partial charge is 0.336 e. The van der Waals surface area contributed by atoms with E-state index in [4.69, 9.17) is 9.15 Å². The first-order chi connectivity index (χ1) is 11.1. The molecule has 2 aromatic rings. The van der Waals surface area contributed by atoms with E-state index in [0.717, 1.165) is 18.2 Å². The van der Waals surface area contributed by atoms with E-state index in [1.54, 1.807) is 24.3 Å². The van der Waals surface area contributed by atoms with Crippen LogP contribution < -0.4 is 15.7 Å². The predicted molar refractivity (Wildman–Crippen MR) is 87.5 cm³/mol. The molecule has 0 saturated heterocycles. The Bertz CT molecular complexity index is 752. The van der Waals surface area contributed by atoms with Gasteiger partial charge in [-0.15, -0.1) is 0 Å². The summed E-state index contributed by atoms with van der Waals surface area (Å²) in [6.07, 6.45) is 4.61. The van der Waals surface area contributed by atoms with E-state index in [1.807, 2.05) is 0 Å². The van der Waals surface area contributed by atoms with Crippen LogP contribution >= 0.6 is 0 Å². The van der Waals surface area contributed by atoms with E-state index >= 15 is 0 Å². The van der Waals surface area contributed by atoms with Crippen LogP contribution in [0.4, 0.5) is 0 Å². The average Bonchev–Trinajstić information content (AvgIpc) is 2.54. The summed E-state index contributed by atoms with van der Waals surface area (Å²) in [5.74, 6) is 0.916. The van der Waals surface area contributed by atoms with E-state index in [9.17, 15) is 9.59 Å². The molecule has 0 aliphatic heterocycles. The maximum Gasteiger partial charge on any atom is 0.336 e. The fraction of sp³-hybridized carbons (Fsp3) is 0.444. The van der Waals surface area contributed by atoms with Gasteiger partial charge in [0.2, 0.25) is 0 Å². The molecular formula is C18H21NO4. The van der Waals surface area contributed by atoms with Gasteiger partial charge in [0.1, 0.15) is 11.3 Å². The lowest BCUT2D eigenvalue weighted by Crippen LogP contribution is -2.43. The first-order valence-corrected chi connectivity index (χ1v) is 8.08. The molecule has 1 N–H and O–H groups in total. The molecule has 0 spiro atoms. The van der Waals surface area contributed by atoms with Gasteiger partial charge in [-0.2, -0.15) is 0 Å². The van der Waals surface area contributed by atoms with Crippen LogP contribution in [0.3, 0.4) is 0 Å². The molecule has 0 bridgehead atoms. The Morgan fingerprint density at radius 2 is 2.04 bits per heavy atom. The minimum absolute atomic E-state index is 0.0359. The number of carbonyl (C=O) groups is 1. The third-order valence-corrected chi connectivity index (χ3v) is 4.42. The van der Waals surface area contributed by atoms with Crippen LogP contribution in [0.25, 0.3) is 11.0 Å². The second-order valence-electron chi connectivity index (χ2n) is 6.18. The number of rotatable bonds is 4. The molecule has 1 aliphatic rings. The molecule has 1 aromatic heterocycles. The molecule has 0 radical (unpaired) electrons. The summed E-state index contributed by atoms with van der Waals surface area (Å²) in [5, 5.41) is 3.86. The summed E-state index contributed by atoms with van der Waals surface area (Å²) < 4.78 is 10.6. The van der Waals surface area contributed by atoms with E-state index in [-0.39, 0.29) is 18.6 Å². The Kier molecular flexibility index (Phi) is 4.65. The van der Waals surface area contributed by atoms with Crippen molar-refractivity contribution >= 4 is 16.9 Å². The van der Waals surface area contributed by atoms with Gasteiger partial charge in [-0.05, 0) is 37.0 Å². The number of fused-ring (bicyclic) bond motifs is 1. The van der Waals surface area contributed by atoms with Gasteiger partial charge >= 0.3 is 5.63 Å². The Hall–Kier alpha value is -2.30. The average molecular weight is 315 g/mol.